The van der Waals surface area contributed by atoms with Crippen molar-refractivity contribution >= 4 is 37.6 Å². The third-order valence-corrected chi connectivity index (χ3v) is 2.88. The van der Waals surface area contributed by atoms with Crippen molar-refractivity contribution in [2.45, 2.75) is 0 Å². The summed E-state index contributed by atoms with van der Waals surface area (Å²) in [5.74, 6) is -0.215. The number of nitrogens with one attached hydrogen (secondary N) is 1. The molecule has 1 aromatic carbocycles. The monoisotopic (exact) mass is 256 g/mol. The summed E-state index contributed by atoms with van der Waals surface area (Å²) in [5, 5.41) is 2.68. The number of amides is 1. The standard InChI is InChI=1S/C8H8N4OSe/c9-4-7(13)10-5-2-1-3-6-8(5)12-14-11-6/h1-3H,4,9H2,(H,10,13). The molecule has 0 bridgehead atoms. The third-order valence-electron chi connectivity index (χ3n) is 1.75. The van der Waals surface area contributed by atoms with Gasteiger partial charge in [0.1, 0.15) is 0 Å². The summed E-state index contributed by atoms with van der Waals surface area (Å²) < 4.78 is 8.43. The Labute approximate surface area is 86.5 Å². The molecule has 0 saturated carbocycles. The van der Waals surface area contributed by atoms with E-state index in [1.807, 2.05) is 12.1 Å². The van der Waals surface area contributed by atoms with E-state index >= 15 is 0 Å². The second-order valence-corrected chi connectivity index (χ2v) is 3.80. The summed E-state index contributed by atoms with van der Waals surface area (Å²) in [6.45, 7) is -0.0219. The number of anilines is 1. The predicted molar refractivity (Wildman–Crippen MR) is 54.2 cm³/mol. The molecule has 1 aromatic heterocycles. The van der Waals surface area contributed by atoms with Crippen LogP contribution in [-0.4, -0.2) is 35.4 Å². The summed E-state index contributed by atoms with van der Waals surface area (Å²) >= 11 is -0.0775. The fraction of sp³-hybridized carbons (Fsp3) is 0.125. The third kappa shape index (κ3) is 1.68. The molecule has 0 atom stereocenters. The van der Waals surface area contributed by atoms with E-state index in [0.29, 0.717) is 5.69 Å². The number of carbonyl (C=O) groups excluding carboxylic acids is 1. The fourth-order valence-electron chi connectivity index (χ4n) is 1.11. The quantitative estimate of drug-likeness (QED) is 0.714. The molecule has 72 valence electrons. The summed E-state index contributed by atoms with van der Waals surface area (Å²) in [6, 6.07) is 5.52. The van der Waals surface area contributed by atoms with Crippen molar-refractivity contribution in [3.05, 3.63) is 18.2 Å². The summed E-state index contributed by atoms with van der Waals surface area (Å²) in [5.41, 5.74) is 7.52. The van der Waals surface area contributed by atoms with Gasteiger partial charge < -0.3 is 0 Å². The molecule has 0 fully saturated rings. The van der Waals surface area contributed by atoms with Gasteiger partial charge in [-0.15, -0.1) is 0 Å². The van der Waals surface area contributed by atoms with Crippen molar-refractivity contribution in [2.75, 3.05) is 11.9 Å². The normalized spacial score (nSPS) is 10.4. The Hall–Kier alpha value is -1.23. The number of hydrogen-bond donors (Lipinski definition) is 2. The van der Waals surface area contributed by atoms with Crippen molar-refractivity contribution < 1.29 is 4.79 Å². The average molecular weight is 255 g/mol. The fourth-order valence-corrected chi connectivity index (χ4v) is 2.26. The Bertz CT molecular complexity index is 467. The van der Waals surface area contributed by atoms with Gasteiger partial charge in [0.25, 0.3) is 0 Å². The van der Waals surface area contributed by atoms with Crippen LogP contribution in [0.25, 0.3) is 11.0 Å². The van der Waals surface area contributed by atoms with Crippen molar-refractivity contribution in [3.8, 4) is 0 Å². The van der Waals surface area contributed by atoms with Crippen LogP contribution in [0.2, 0.25) is 0 Å². The Balaban J connectivity index is 2.41. The van der Waals surface area contributed by atoms with Gasteiger partial charge in [-0.2, -0.15) is 0 Å². The number of fused-ring (bicyclic) bond motifs is 1. The molecule has 14 heavy (non-hydrogen) atoms. The zero-order chi connectivity index (χ0) is 9.97. The number of nitrogens with two attached hydrogens (primary N) is 1. The minimum absolute atomic E-state index is 0.0219. The number of benzene rings is 1. The molecule has 5 nitrogen and oxygen atoms in total. The second kappa shape index (κ2) is 3.87. The van der Waals surface area contributed by atoms with Crippen LogP contribution in [0.1, 0.15) is 0 Å². The van der Waals surface area contributed by atoms with Crippen LogP contribution in [0.5, 0.6) is 0 Å². The first-order chi connectivity index (χ1) is 6.81. The number of hydrogen-bond acceptors (Lipinski definition) is 4. The molecule has 0 unspecified atom stereocenters. The number of nitrogens with zero attached hydrogens (tertiary/aromatic N) is 2. The molecule has 1 amide bonds. The van der Waals surface area contributed by atoms with Crippen molar-refractivity contribution in [1.29, 1.82) is 0 Å². The van der Waals surface area contributed by atoms with Crippen molar-refractivity contribution in [3.63, 3.8) is 0 Å². The van der Waals surface area contributed by atoms with Crippen LogP contribution in [-0.2, 0) is 4.79 Å². The van der Waals surface area contributed by atoms with Crippen LogP contribution in [0.4, 0.5) is 5.69 Å². The molecule has 3 N–H and O–H groups in total. The van der Waals surface area contributed by atoms with E-state index in [1.54, 1.807) is 6.07 Å². The Morgan fingerprint density at radius 1 is 1.50 bits per heavy atom. The van der Waals surface area contributed by atoms with Gasteiger partial charge in [0, 0.05) is 0 Å². The van der Waals surface area contributed by atoms with Gasteiger partial charge in [0.2, 0.25) is 0 Å². The zero-order valence-electron chi connectivity index (χ0n) is 7.23. The van der Waals surface area contributed by atoms with E-state index in [2.05, 4.69) is 13.3 Å². The molecular weight excluding hydrogens is 247 g/mol. The van der Waals surface area contributed by atoms with Crippen molar-refractivity contribution in [2.24, 2.45) is 5.73 Å². The van der Waals surface area contributed by atoms with Gasteiger partial charge in [-0.1, -0.05) is 0 Å². The molecule has 2 aromatic rings. The van der Waals surface area contributed by atoms with Crippen LogP contribution in [0, 0.1) is 0 Å². The van der Waals surface area contributed by atoms with E-state index in [9.17, 15) is 4.79 Å². The molecule has 0 aliphatic rings. The Morgan fingerprint density at radius 2 is 2.36 bits per heavy atom. The first-order valence-corrected chi connectivity index (χ1v) is 5.55. The minimum atomic E-state index is -0.215. The van der Waals surface area contributed by atoms with E-state index in [1.165, 1.54) is 0 Å². The van der Waals surface area contributed by atoms with E-state index in [-0.39, 0.29) is 27.4 Å². The first-order valence-electron chi connectivity index (χ1n) is 4.02. The van der Waals surface area contributed by atoms with Gasteiger partial charge in [-0.3, -0.25) is 0 Å². The van der Waals surface area contributed by atoms with Gasteiger partial charge >= 0.3 is 86.1 Å². The molecule has 0 saturated heterocycles. The molecule has 0 spiro atoms. The average Bonchev–Trinajstić information content (AvgIpc) is 2.66. The Morgan fingerprint density at radius 3 is 3.14 bits per heavy atom. The van der Waals surface area contributed by atoms with Crippen LogP contribution in [0.3, 0.4) is 0 Å². The second-order valence-electron chi connectivity index (χ2n) is 2.69. The zero-order valence-corrected chi connectivity index (χ0v) is 8.94. The maximum absolute atomic E-state index is 11.1. The van der Waals surface area contributed by atoms with E-state index < -0.39 is 0 Å². The maximum atomic E-state index is 11.1. The predicted octanol–water partition coefficient (Wildman–Crippen LogP) is -0.416. The Kier molecular flexibility index (Phi) is 2.58. The molecule has 6 heteroatoms. The van der Waals surface area contributed by atoms with Crippen LogP contribution >= 0.6 is 0 Å². The van der Waals surface area contributed by atoms with Gasteiger partial charge in [0.05, 0.1) is 0 Å². The van der Waals surface area contributed by atoms with Crippen LogP contribution < -0.4 is 11.1 Å². The van der Waals surface area contributed by atoms with Crippen LogP contribution in [0.15, 0.2) is 18.2 Å². The number of aromatic nitrogens is 2. The molecular formula is C8H8N4OSe. The SMILES string of the molecule is NCC(=O)Nc1cccc2n[se]nc12. The summed E-state index contributed by atoms with van der Waals surface area (Å²) in [4.78, 5) is 11.1. The number of carbonyl (C=O) groups is 1. The summed E-state index contributed by atoms with van der Waals surface area (Å²) in [6.07, 6.45) is 0. The molecule has 0 radical (unpaired) electrons. The van der Waals surface area contributed by atoms with Gasteiger partial charge in [0.15, 0.2) is 0 Å². The molecule has 0 aliphatic heterocycles. The topological polar surface area (TPSA) is 80.9 Å². The van der Waals surface area contributed by atoms with Gasteiger partial charge in [-0.05, 0) is 0 Å². The summed E-state index contributed by atoms with van der Waals surface area (Å²) in [7, 11) is 0. The number of rotatable bonds is 2. The van der Waals surface area contributed by atoms with E-state index in [0.717, 1.165) is 11.0 Å². The van der Waals surface area contributed by atoms with Crippen molar-refractivity contribution in [1.82, 2.24) is 7.96 Å². The van der Waals surface area contributed by atoms with E-state index in [4.69, 9.17) is 5.73 Å². The molecule has 2 rings (SSSR count). The van der Waals surface area contributed by atoms with Gasteiger partial charge in [-0.25, -0.2) is 0 Å². The first kappa shape index (κ1) is 9.33. The molecule has 0 aliphatic carbocycles. The molecule has 1 heterocycles.